The zero-order chi connectivity index (χ0) is 14.2. The number of carbonyl (C=O) groups is 1. The Hall–Kier alpha value is -1.43. The molecule has 6 heteroatoms. The lowest BCUT2D eigenvalue weighted by atomic mass is 10.0. The summed E-state index contributed by atoms with van der Waals surface area (Å²) < 4.78 is 34.8. The van der Waals surface area contributed by atoms with E-state index in [2.05, 4.69) is 0 Å². The number of benzene rings is 1. The molecule has 1 heterocycles. The van der Waals surface area contributed by atoms with Gasteiger partial charge in [-0.15, -0.1) is 3.89 Å². The maximum atomic E-state index is 13.0. The summed E-state index contributed by atoms with van der Waals surface area (Å²) in [5, 5.41) is -1.23. The van der Waals surface area contributed by atoms with Gasteiger partial charge >= 0.3 is 10.2 Å². The fourth-order valence-corrected chi connectivity index (χ4v) is 3.16. The molecule has 1 aliphatic rings. The minimum Gasteiger partial charge on any atom is -0.334 e. The Kier molecular flexibility index (Phi) is 3.62. The summed E-state index contributed by atoms with van der Waals surface area (Å²) >= 11 is 0. The van der Waals surface area contributed by atoms with E-state index in [1.807, 2.05) is 38.1 Å². The Balaban J connectivity index is 2.24. The average molecular weight is 285 g/mol. The molecule has 0 spiro atoms. The van der Waals surface area contributed by atoms with Crippen molar-refractivity contribution in [3.05, 3.63) is 35.4 Å². The number of aryl methyl sites for hydroxylation is 1. The minimum atomic E-state index is -4.66. The van der Waals surface area contributed by atoms with Crippen molar-refractivity contribution in [2.75, 3.05) is 6.54 Å². The van der Waals surface area contributed by atoms with Crippen LogP contribution in [-0.4, -0.2) is 31.0 Å². The van der Waals surface area contributed by atoms with Crippen molar-refractivity contribution < 1.29 is 17.1 Å². The molecule has 1 aromatic rings. The quantitative estimate of drug-likeness (QED) is 0.798. The van der Waals surface area contributed by atoms with Crippen molar-refractivity contribution in [2.45, 2.75) is 31.6 Å². The van der Waals surface area contributed by atoms with Gasteiger partial charge in [-0.2, -0.15) is 8.42 Å². The van der Waals surface area contributed by atoms with Crippen LogP contribution in [0.25, 0.3) is 0 Å². The van der Waals surface area contributed by atoms with Gasteiger partial charge in [0, 0.05) is 13.0 Å². The average Bonchev–Trinajstić information content (AvgIpc) is 2.71. The van der Waals surface area contributed by atoms with Crippen LogP contribution >= 0.6 is 0 Å². The van der Waals surface area contributed by atoms with Gasteiger partial charge in [0.25, 0.3) is 0 Å². The maximum absolute atomic E-state index is 13.0. The maximum Gasteiger partial charge on any atom is 0.307 e. The van der Waals surface area contributed by atoms with E-state index in [1.165, 1.54) is 4.90 Å². The van der Waals surface area contributed by atoms with Gasteiger partial charge in [0.15, 0.2) is 0 Å². The van der Waals surface area contributed by atoms with E-state index < -0.39 is 15.5 Å². The summed E-state index contributed by atoms with van der Waals surface area (Å²) in [4.78, 5) is 13.3. The fraction of sp³-hybridized carbons (Fsp3) is 0.462. The molecule has 0 aliphatic carbocycles. The van der Waals surface area contributed by atoms with Crippen molar-refractivity contribution in [3.8, 4) is 0 Å². The second-order valence-electron chi connectivity index (χ2n) is 4.88. The second-order valence-corrected chi connectivity index (χ2v) is 6.50. The molecule has 104 valence electrons. The number of likely N-dealkylation sites (tertiary alicyclic amines) is 1. The molecule has 19 heavy (non-hydrogen) atoms. The van der Waals surface area contributed by atoms with Gasteiger partial charge in [-0.05, 0) is 25.0 Å². The number of hydrogen-bond acceptors (Lipinski definition) is 3. The van der Waals surface area contributed by atoms with Crippen LogP contribution in [0.3, 0.4) is 0 Å². The molecule has 4 nitrogen and oxygen atoms in total. The highest BCUT2D eigenvalue weighted by molar-refractivity contribution is 7.87. The van der Waals surface area contributed by atoms with Crippen LogP contribution in [0.15, 0.2) is 24.3 Å². The van der Waals surface area contributed by atoms with Gasteiger partial charge in [-0.1, -0.05) is 24.3 Å². The summed E-state index contributed by atoms with van der Waals surface area (Å²) in [6.45, 7) is 3.68. The van der Waals surface area contributed by atoms with Crippen LogP contribution < -0.4 is 0 Å². The third kappa shape index (κ3) is 2.78. The van der Waals surface area contributed by atoms with E-state index in [0.717, 1.165) is 11.1 Å². The van der Waals surface area contributed by atoms with Gasteiger partial charge in [-0.25, -0.2) is 0 Å². The molecule has 1 aliphatic heterocycles. The zero-order valence-corrected chi connectivity index (χ0v) is 11.7. The van der Waals surface area contributed by atoms with Crippen LogP contribution in [-0.2, 0) is 15.0 Å². The first kappa shape index (κ1) is 14.0. The molecular formula is C13H16FNO3S. The number of hydrogen-bond donors (Lipinski definition) is 0. The Morgan fingerprint density at radius 3 is 2.53 bits per heavy atom. The van der Waals surface area contributed by atoms with Gasteiger partial charge in [-0.3, -0.25) is 4.79 Å². The first-order valence-corrected chi connectivity index (χ1v) is 7.54. The minimum absolute atomic E-state index is 0.0762. The number of amides is 1. The number of halogens is 1. The lowest BCUT2D eigenvalue weighted by Crippen LogP contribution is -2.30. The molecule has 2 unspecified atom stereocenters. The molecule has 0 bridgehead atoms. The zero-order valence-electron chi connectivity index (χ0n) is 10.8. The molecule has 1 aromatic carbocycles. The molecule has 1 saturated heterocycles. The van der Waals surface area contributed by atoms with Crippen LogP contribution in [0.5, 0.6) is 0 Å². The predicted octanol–water partition coefficient (Wildman–Crippen LogP) is 1.96. The fourth-order valence-electron chi connectivity index (χ4n) is 2.48. The topological polar surface area (TPSA) is 54.5 Å². The normalized spacial score (nSPS) is 21.7. The summed E-state index contributed by atoms with van der Waals surface area (Å²) in [5.41, 5.74) is 1.97. The van der Waals surface area contributed by atoms with E-state index in [9.17, 15) is 17.1 Å². The van der Waals surface area contributed by atoms with E-state index >= 15 is 0 Å². The first-order chi connectivity index (χ1) is 8.80. The van der Waals surface area contributed by atoms with Gasteiger partial charge in [0.05, 0.1) is 6.04 Å². The molecule has 0 saturated carbocycles. The standard InChI is InChI=1S/C13H16FNO3S/c1-9-5-3-4-6-12(9)10(2)15-8-11(7-13(15)16)19(14,17)18/h3-6,10-11H,7-8H2,1-2H3. The summed E-state index contributed by atoms with van der Waals surface area (Å²) in [6.07, 6.45) is -0.269. The highest BCUT2D eigenvalue weighted by Gasteiger charge is 2.40. The van der Waals surface area contributed by atoms with Crippen molar-refractivity contribution >= 4 is 16.1 Å². The Morgan fingerprint density at radius 2 is 2.00 bits per heavy atom. The number of rotatable bonds is 3. The molecular weight excluding hydrogens is 269 g/mol. The Bertz CT molecular complexity index is 600. The molecule has 2 atom stereocenters. The van der Waals surface area contributed by atoms with Crippen LogP contribution in [0.1, 0.15) is 30.5 Å². The van der Waals surface area contributed by atoms with Gasteiger partial charge in [0.2, 0.25) is 5.91 Å². The largest absolute Gasteiger partial charge is 0.334 e. The molecule has 2 rings (SSSR count). The Morgan fingerprint density at radius 1 is 1.37 bits per heavy atom. The van der Waals surface area contributed by atoms with E-state index in [1.54, 1.807) is 0 Å². The highest BCUT2D eigenvalue weighted by Crippen LogP contribution is 2.30. The van der Waals surface area contributed by atoms with Crippen molar-refractivity contribution in [1.82, 2.24) is 4.90 Å². The smallest absolute Gasteiger partial charge is 0.307 e. The van der Waals surface area contributed by atoms with E-state index in [0.29, 0.717) is 0 Å². The molecule has 1 amide bonds. The van der Waals surface area contributed by atoms with Crippen LogP contribution in [0.2, 0.25) is 0 Å². The molecule has 1 fully saturated rings. The highest BCUT2D eigenvalue weighted by atomic mass is 32.3. The van der Waals surface area contributed by atoms with Crippen LogP contribution in [0.4, 0.5) is 3.89 Å². The van der Waals surface area contributed by atoms with Gasteiger partial charge in [0.1, 0.15) is 5.25 Å². The lowest BCUT2D eigenvalue weighted by molar-refractivity contribution is -0.129. The van der Waals surface area contributed by atoms with Crippen molar-refractivity contribution in [3.63, 3.8) is 0 Å². The first-order valence-electron chi connectivity index (χ1n) is 6.09. The summed E-state index contributed by atoms with van der Waals surface area (Å²) in [7, 11) is -4.66. The third-order valence-corrected chi connectivity index (χ3v) is 4.74. The van der Waals surface area contributed by atoms with Crippen molar-refractivity contribution in [2.24, 2.45) is 0 Å². The number of carbonyl (C=O) groups excluding carboxylic acids is 1. The molecule has 0 radical (unpaired) electrons. The van der Waals surface area contributed by atoms with E-state index in [4.69, 9.17) is 0 Å². The predicted molar refractivity (Wildman–Crippen MR) is 69.7 cm³/mol. The SMILES string of the molecule is Cc1ccccc1C(C)N1CC(S(=O)(=O)F)CC1=O. The third-order valence-electron chi connectivity index (χ3n) is 3.63. The van der Waals surface area contributed by atoms with Crippen LogP contribution in [0, 0.1) is 6.92 Å². The molecule has 0 N–H and O–H groups in total. The Labute approximate surface area is 112 Å². The second kappa shape index (κ2) is 4.92. The lowest BCUT2D eigenvalue weighted by Gasteiger charge is -2.26. The van der Waals surface area contributed by atoms with Gasteiger partial charge < -0.3 is 4.90 Å². The summed E-state index contributed by atoms with van der Waals surface area (Å²) in [5.74, 6) is -0.318. The van der Waals surface area contributed by atoms with Crippen molar-refractivity contribution in [1.29, 1.82) is 0 Å². The molecule has 0 aromatic heterocycles. The summed E-state index contributed by atoms with van der Waals surface area (Å²) in [6, 6.07) is 7.33. The van der Waals surface area contributed by atoms with E-state index in [-0.39, 0.29) is 24.9 Å². The number of nitrogens with zero attached hydrogens (tertiary/aromatic N) is 1. The monoisotopic (exact) mass is 285 g/mol.